The van der Waals surface area contributed by atoms with Gasteiger partial charge in [0.1, 0.15) is 6.17 Å². The average molecular weight is 289 g/mol. The molecule has 0 unspecified atom stereocenters. The summed E-state index contributed by atoms with van der Waals surface area (Å²) >= 11 is 0. The normalized spacial score (nSPS) is 17.1. The van der Waals surface area contributed by atoms with Gasteiger partial charge in [0.25, 0.3) is 0 Å². The molecule has 1 aromatic heterocycles. The van der Waals surface area contributed by atoms with Gasteiger partial charge in [0, 0.05) is 18.1 Å². The number of aromatic nitrogens is 1. The van der Waals surface area contributed by atoms with Crippen LogP contribution in [0.3, 0.4) is 0 Å². The number of hydrogen-bond donors (Lipinski definition) is 0. The second kappa shape index (κ2) is 4.73. The molecule has 1 aliphatic rings. The minimum absolute atomic E-state index is 0.250. The molecule has 0 fully saturated rings. The first-order valence-electron chi connectivity index (χ1n) is 7.64. The highest BCUT2D eigenvalue weighted by molar-refractivity contribution is 5.92. The maximum absolute atomic E-state index is 4.88. The number of fused-ring (bicyclic) bond motifs is 2. The quantitative estimate of drug-likeness (QED) is 0.658. The lowest BCUT2D eigenvalue weighted by atomic mass is 10.1. The maximum Gasteiger partial charge on any atom is 0.154 e. The van der Waals surface area contributed by atoms with Gasteiger partial charge in [-0.15, -0.1) is 0 Å². The molecule has 0 spiro atoms. The van der Waals surface area contributed by atoms with E-state index in [2.05, 4.69) is 79.2 Å². The summed E-state index contributed by atoms with van der Waals surface area (Å²) in [6.07, 6.45) is 0.250. The zero-order chi connectivity index (χ0) is 15.3. The average Bonchev–Trinajstić information content (AvgIpc) is 2.77. The Bertz CT molecular complexity index is 856. The third kappa shape index (κ3) is 1.78. The van der Waals surface area contributed by atoms with E-state index in [1.54, 1.807) is 0 Å². The molecule has 3 heteroatoms. The monoisotopic (exact) mass is 289 g/mol. The minimum atomic E-state index is 0.250. The van der Waals surface area contributed by atoms with E-state index in [0.717, 1.165) is 11.3 Å². The summed E-state index contributed by atoms with van der Waals surface area (Å²) in [5, 5.41) is 1.18. The van der Waals surface area contributed by atoms with E-state index < -0.39 is 0 Å². The summed E-state index contributed by atoms with van der Waals surface area (Å²) in [5.74, 6) is 1.05. The molecule has 0 amide bonds. The lowest BCUT2D eigenvalue weighted by Gasteiger charge is -2.28. The van der Waals surface area contributed by atoms with E-state index in [-0.39, 0.29) is 6.17 Å². The van der Waals surface area contributed by atoms with Crippen LogP contribution in [-0.2, 0) is 0 Å². The number of anilines is 3. The summed E-state index contributed by atoms with van der Waals surface area (Å²) in [6, 6.07) is 19.1. The molecular formula is C19H19N3. The molecule has 4 rings (SSSR count). The van der Waals surface area contributed by atoms with Gasteiger partial charge in [0.2, 0.25) is 0 Å². The zero-order valence-corrected chi connectivity index (χ0v) is 13.1. The smallest absolute Gasteiger partial charge is 0.154 e. The van der Waals surface area contributed by atoms with Crippen LogP contribution in [0.5, 0.6) is 0 Å². The molecular weight excluding hydrogens is 270 g/mol. The molecule has 0 N–H and O–H groups in total. The third-order valence-electron chi connectivity index (χ3n) is 4.59. The Hall–Kier alpha value is -2.55. The standard InChI is InChI=1S/C19H19N3/c1-13-8-4-7-11-17(13)22-14(2)21(3)19-18(22)12-15-9-5-6-10-16(15)20-19/h4-12,14H,1-3H3/t14-/m0/s1. The summed E-state index contributed by atoms with van der Waals surface area (Å²) in [7, 11) is 2.11. The molecule has 0 aliphatic carbocycles. The summed E-state index contributed by atoms with van der Waals surface area (Å²) < 4.78 is 0. The fraction of sp³-hybridized carbons (Fsp3) is 0.211. The van der Waals surface area contributed by atoms with Gasteiger partial charge in [-0.3, -0.25) is 0 Å². The summed E-state index contributed by atoms with van der Waals surface area (Å²) in [5.41, 5.74) is 4.76. The number of rotatable bonds is 1. The highest BCUT2D eigenvalue weighted by atomic mass is 15.4. The van der Waals surface area contributed by atoms with Crippen LogP contribution in [0.15, 0.2) is 54.6 Å². The van der Waals surface area contributed by atoms with Gasteiger partial charge in [0.05, 0.1) is 11.2 Å². The Morgan fingerprint density at radius 2 is 1.68 bits per heavy atom. The Morgan fingerprint density at radius 3 is 2.50 bits per heavy atom. The van der Waals surface area contributed by atoms with Crippen LogP contribution in [0.25, 0.3) is 10.9 Å². The van der Waals surface area contributed by atoms with Crippen molar-refractivity contribution in [1.29, 1.82) is 0 Å². The molecule has 0 saturated heterocycles. The van der Waals surface area contributed by atoms with Crippen LogP contribution in [0.4, 0.5) is 17.2 Å². The van der Waals surface area contributed by atoms with Crippen molar-refractivity contribution in [1.82, 2.24) is 4.98 Å². The first kappa shape index (κ1) is 13.1. The number of pyridine rings is 1. The van der Waals surface area contributed by atoms with E-state index in [1.807, 2.05) is 6.07 Å². The third-order valence-corrected chi connectivity index (χ3v) is 4.59. The number of hydrogen-bond acceptors (Lipinski definition) is 3. The van der Waals surface area contributed by atoms with Gasteiger partial charge in [-0.25, -0.2) is 4.98 Å². The molecule has 110 valence electrons. The first-order chi connectivity index (χ1) is 10.7. The van der Waals surface area contributed by atoms with Gasteiger partial charge >= 0.3 is 0 Å². The molecule has 22 heavy (non-hydrogen) atoms. The van der Waals surface area contributed by atoms with Crippen LogP contribution in [-0.4, -0.2) is 18.2 Å². The maximum atomic E-state index is 4.88. The number of nitrogens with zero attached hydrogens (tertiary/aromatic N) is 3. The van der Waals surface area contributed by atoms with Crippen molar-refractivity contribution in [3.05, 3.63) is 60.2 Å². The van der Waals surface area contributed by atoms with Crippen LogP contribution < -0.4 is 9.80 Å². The largest absolute Gasteiger partial charge is 0.337 e. The van der Waals surface area contributed by atoms with E-state index in [9.17, 15) is 0 Å². The fourth-order valence-electron chi connectivity index (χ4n) is 3.25. The molecule has 3 nitrogen and oxygen atoms in total. The van der Waals surface area contributed by atoms with Crippen molar-refractivity contribution in [3.8, 4) is 0 Å². The summed E-state index contributed by atoms with van der Waals surface area (Å²) in [4.78, 5) is 9.50. The molecule has 2 aromatic carbocycles. The molecule has 0 bridgehead atoms. The van der Waals surface area contributed by atoms with Crippen LogP contribution in [0, 0.1) is 6.92 Å². The molecule has 3 aromatic rings. The zero-order valence-electron chi connectivity index (χ0n) is 13.1. The number of aryl methyl sites for hydroxylation is 1. The van der Waals surface area contributed by atoms with Gasteiger partial charge in [-0.05, 0) is 37.6 Å². The van der Waals surface area contributed by atoms with Crippen molar-refractivity contribution in [3.63, 3.8) is 0 Å². The predicted octanol–water partition coefficient (Wildman–Crippen LogP) is 4.48. The number of para-hydroxylation sites is 2. The van der Waals surface area contributed by atoms with E-state index in [1.165, 1.54) is 22.3 Å². The van der Waals surface area contributed by atoms with Crippen molar-refractivity contribution in [2.45, 2.75) is 20.0 Å². The van der Waals surface area contributed by atoms with E-state index in [0.29, 0.717) is 0 Å². The lowest BCUT2D eigenvalue weighted by Crippen LogP contribution is -2.36. The highest BCUT2D eigenvalue weighted by Gasteiger charge is 2.33. The Balaban J connectivity index is 1.97. The van der Waals surface area contributed by atoms with Gasteiger partial charge in [-0.2, -0.15) is 0 Å². The highest BCUT2D eigenvalue weighted by Crippen LogP contribution is 2.44. The SMILES string of the molecule is Cc1ccccc1N1c2cc3ccccc3nc2N(C)[C@@H]1C. The van der Waals surface area contributed by atoms with Crippen LogP contribution >= 0.6 is 0 Å². The fourth-order valence-corrected chi connectivity index (χ4v) is 3.25. The van der Waals surface area contributed by atoms with E-state index in [4.69, 9.17) is 4.98 Å². The molecule has 1 atom stereocenters. The first-order valence-corrected chi connectivity index (χ1v) is 7.64. The molecule has 0 saturated carbocycles. The topological polar surface area (TPSA) is 19.4 Å². The Labute approximate surface area is 130 Å². The van der Waals surface area contributed by atoms with Gasteiger partial charge < -0.3 is 9.80 Å². The van der Waals surface area contributed by atoms with Crippen molar-refractivity contribution < 1.29 is 0 Å². The van der Waals surface area contributed by atoms with Crippen molar-refractivity contribution >= 4 is 28.1 Å². The second-order valence-corrected chi connectivity index (χ2v) is 5.92. The van der Waals surface area contributed by atoms with Crippen molar-refractivity contribution in [2.24, 2.45) is 0 Å². The van der Waals surface area contributed by atoms with E-state index >= 15 is 0 Å². The molecule has 0 radical (unpaired) electrons. The minimum Gasteiger partial charge on any atom is -0.337 e. The van der Waals surface area contributed by atoms with Crippen LogP contribution in [0.2, 0.25) is 0 Å². The van der Waals surface area contributed by atoms with Gasteiger partial charge in [-0.1, -0.05) is 36.4 Å². The van der Waals surface area contributed by atoms with Gasteiger partial charge in [0.15, 0.2) is 5.82 Å². The second-order valence-electron chi connectivity index (χ2n) is 5.92. The van der Waals surface area contributed by atoms with Crippen LogP contribution in [0.1, 0.15) is 12.5 Å². The van der Waals surface area contributed by atoms with Crippen molar-refractivity contribution in [2.75, 3.05) is 16.8 Å². The molecule has 1 aliphatic heterocycles. The lowest BCUT2D eigenvalue weighted by molar-refractivity contribution is 0.728. The Morgan fingerprint density at radius 1 is 0.955 bits per heavy atom. The predicted molar refractivity (Wildman–Crippen MR) is 92.9 cm³/mol. The molecule has 2 heterocycles. The Kier molecular flexibility index (Phi) is 2.83. The number of benzene rings is 2. The summed E-state index contributed by atoms with van der Waals surface area (Å²) in [6.45, 7) is 4.38.